The van der Waals surface area contributed by atoms with Crippen LogP contribution in [0.15, 0.2) is 24.3 Å². The van der Waals surface area contributed by atoms with Gasteiger partial charge in [0.25, 0.3) is 5.91 Å². The minimum atomic E-state index is -0.103. The van der Waals surface area contributed by atoms with Crippen LogP contribution in [0.4, 0.5) is 0 Å². The van der Waals surface area contributed by atoms with Crippen molar-refractivity contribution in [2.45, 2.75) is 45.2 Å². The number of hydrogen-bond donors (Lipinski definition) is 2. The van der Waals surface area contributed by atoms with Gasteiger partial charge in [-0.25, -0.2) is 0 Å². The van der Waals surface area contributed by atoms with Crippen molar-refractivity contribution in [3.05, 3.63) is 35.4 Å². The van der Waals surface area contributed by atoms with Crippen molar-refractivity contribution in [3.8, 4) is 0 Å². The molecule has 0 saturated carbocycles. The van der Waals surface area contributed by atoms with Crippen LogP contribution in [-0.2, 0) is 11.3 Å². The molecule has 5 heteroatoms. The van der Waals surface area contributed by atoms with E-state index in [1.807, 2.05) is 24.0 Å². The van der Waals surface area contributed by atoms with Gasteiger partial charge in [-0.1, -0.05) is 12.1 Å². The molecule has 0 spiro atoms. The highest BCUT2D eigenvalue weighted by molar-refractivity contribution is 5.94. The Balaban J connectivity index is 1.88. The van der Waals surface area contributed by atoms with Crippen LogP contribution in [0.2, 0.25) is 0 Å². The Bertz CT molecular complexity index is 513. The molecule has 1 heterocycles. The van der Waals surface area contributed by atoms with Gasteiger partial charge in [0.1, 0.15) is 0 Å². The first-order valence-corrected chi connectivity index (χ1v) is 7.88. The fourth-order valence-corrected chi connectivity index (χ4v) is 2.63. The maximum atomic E-state index is 12.1. The summed E-state index contributed by atoms with van der Waals surface area (Å²) >= 11 is 0. The highest BCUT2D eigenvalue weighted by Crippen LogP contribution is 2.15. The third-order valence-electron chi connectivity index (χ3n) is 3.93. The Kier molecular flexibility index (Phi) is 5.95. The van der Waals surface area contributed by atoms with E-state index in [2.05, 4.69) is 5.32 Å². The smallest absolute Gasteiger partial charge is 0.251 e. The molecule has 22 heavy (non-hydrogen) atoms. The van der Waals surface area contributed by atoms with Crippen LogP contribution in [0.5, 0.6) is 0 Å². The van der Waals surface area contributed by atoms with E-state index in [9.17, 15) is 9.59 Å². The number of likely N-dealkylation sites (tertiary alicyclic amines) is 1. The number of amides is 2. The van der Waals surface area contributed by atoms with Gasteiger partial charge in [0.15, 0.2) is 0 Å². The molecule has 1 aliphatic heterocycles. The zero-order valence-electron chi connectivity index (χ0n) is 13.0. The summed E-state index contributed by atoms with van der Waals surface area (Å²) in [6.45, 7) is 3.52. The lowest BCUT2D eigenvalue weighted by molar-refractivity contribution is -0.128. The molecule has 2 N–H and O–H groups in total. The van der Waals surface area contributed by atoms with Gasteiger partial charge >= 0.3 is 0 Å². The first-order chi connectivity index (χ1) is 10.6. The van der Waals surface area contributed by atoms with Crippen LogP contribution >= 0.6 is 0 Å². The zero-order valence-corrected chi connectivity index (χ0v) is 13.0. The van der Waals surface area contributed by atoms with Crippen molar-refractivity contribution in [1.29, 1.82) is 0 Å². The Morgan fingerprint density at radius 2 is 2.09 bits per heavy atom. The van der Waals surface area contributed by atoms with Crippen molar-refractivity contribution >= 4 is 11.8 Å². The second-order valence-corrected chi connectivity index (χ2v) is 5.86. The van der Waals surface area contributed by atoms with Crippen LogP contribution < -0.4 is 5.32 Å². The highest BCUT2D eigenvalue weighted by Gasteiger charge is 2.20. The summed E-state index contributed by atoms with van der Waals surface area (Å²) < 4.78 is 0. The number of hydrogen-bond acceptors (Lipinski definition) is 3. The maximum Gasteiger partial charge on any atom is 0.251 e. The van der Waals surface area contributed by atoms with Gasteiger partial charge in [0, 0.05) is 37.7 Å². The Morgan fingerprint density at radius 3 is 2.68 bits per heavy atom. The molecule has 1 aromatic rings. The predicted octanol–water partition coefficient (Wildman–Crippen LogP) is 1.70. The second kappa shape index (κ2) is 7.94. The fourth-order valence-electron chi connectivity index (χ4n) is 2.63. The van der Waals surface area contributed by atoms with Crippen molar-refractivity contribution in [2.24, 2.45) is 0 Å². The minimum absolute atomic E-state index is 0.0431. The molecule has 0 aliphatic carbocycles. The molecule has 0 aromatic heterocycles. The van der Waals surface area contributed by atoms with E-state index in [1.54, 1.807) is 12.1 Å². The molecule has 0 bridgehead atoms. The lowest BCUT2D eigenvalue weighted by Gasteiger charge is -2.16. The zero-order chi connectivity index (χ0) is 15.9. The molecular weight excluding hydrogens is 280 g/mol. The molecular formula is C17H24N2O3. The van der Waals surface area contributed by atoms with Gasteiger partial charge in [0.05, 0.1) is 0 Å². The summed E-state index contributed by atoms with van der Waals surface area (Å²) in [5, 5.41) is 11.7. The van der Waals surface area contributed by atoms with E-state index in [0.29, 0.717) is 24.9 Å². The van der Waals surface area contributed by atoms with E-state index < -0.39 is 0 Å². The van der Waals surface area contributed by atoms with Crippen molar-refractivity contribution in [2.75, 3.05) is 13.2 Å². The molecule has 1 saturated heterocycles. The number of carbonyl (C=O) groups is 2. The Labute approximate surface area is 131 Å². The van der Waals surface area contributed by atoms with Gasteiger partial charge in [-0.3, -0.25) is 9.59 Å². The number of benzene rings is 1. The molecule has 1 aliphatic rings. The Hall–Kier alpha value is -1.88. The summed E-state index contributed by atoms with van der Waals surface area (Å²) in [7, 11) is 0. The summed E-state index contributed by atoms with van der Waals surface area (Å²) in [6.07, 6.45) is 3.03. The van der Waals surface area contributed by atoms with Crippen molar-refractivity contribution < 1.29 is 14.7 Å². The van der Waals surface area contributed by atoms with E-state index in [1.165, 1.54) is 0 Å². The highest BCUT2D eigenvalue weighted by atomic mass is 16.3. The van der Waals surface area contributed by atoms with Crippen LogP contribution in [0, 0.1) is 0 Å². The minimum Gasteiger partial charge on any atom is -0.396 e. The molecule has 1 unspecified atom stereocenters. The molecule has 1 aromatic carbocycles. The molecule has 1 fully saturated rings. The number of rotatable bonds is 7. The van der Waals surface area contributed by atoms with Gasteiger partial charge in [-0.05, 0) is 43.9 Å². The number of nitrogens with one attached hydrogen (secondary N) is 1. The predicted molar refractivity (Wildman–Crippen MR) is 84.3 cm³/mol. The summed E-state index contributed by atoms with van der Waals surface area (Å²) in [5.41, 5.74) is 1.66. The van der Waals surface area contributed by atoms with Gasteiger partial charge in [-0.2, -0.15) is 0 Å². The first-order valence-electron chi connectivity index (χ1n) is 7.88. The standard InChI is InChI=1S/C17H24N2O3/c1-13(4-3-11-20)18-17(22)15-8-6-14(7-9-15)12-19-10-2-5-16(19)21/h6-9,13,20H,2-5,10-12H2,1H3,(H,18,22). The average molecular weight is 304 g/mol. The summed E-state index contributed by atoms with van der Waals surface area (Å²) in [6, 6.07) is 7.44. The van der Waals surface area contributed by atoms with Crippen molar-refractivity contribution in [1.82, 2.24) is 10.2 Å². The number of nitrogens with zero attached hydrogens (tertiary/aromatic N) is 1. The first kappa shape index (κ1) is 16.5. The molecule has 120 valence electrons. The lowest BCUT2D eigenvalue weighted by Crippen LogP contribution is -2.32. The van der Waals surface area contributed by atoms with Crippen LogP contribution in [0.1, 0.15) is 48.5 Å². The van der Waals surface area contributed by atoms with E-state index in [0.717, 1.165) is 24.9 Å². The third kappa shape index (κ3) is 4.56. The monoisotopic (exact) mass is 304 g/mol. The second-order valence-electron chi connectivity index (χ2n) is 5.86. The van der Waals surface area contributed by atoms with Gasteiger partial charge in [-0.15, -0.1) is 0 Å². The van der Waals surface area contributed by atoms with E-state index in [-0.39, 0.29) is 24.5 Å². The quantitative estimate of drug-likeness (QED) is 0.805. The summed E-state index contributed by atoms with van der Waals surface area (Å²) in [5.74, 6) is 0.105. The van der Waals surface area contributed by atoms with E-state index in [4.69, 9.17) is 5.11 Å². The van der Waals surface area contributed by atoms with Crippen LogP contribution in [0.3, 0.4) is 0 Å². The summed E-state index contributed by atoms with van der Waals surface area (Å²) in [4.78, 5) is 25.5. The van der Waals surface area contributed by atoms with Crippen LogP contribution in [0.25, 0.3) is 0 Å². The molecule has 2 rings (SSSR count). The lowest BCUT2D eigenvalue weighted by atomic mass is 10.1. The number of carbonyl (C=O) groups excluding carboxylic acids is 2. The van der Waals surface area contributed by atoms with Gasteiger partial charge < -0.3 is 15.3 Å². The molecule has 2 amide bonds. The van der Waals surface area contributed by atoms with E-state index >= 15 is 0 Å². The number of aliphatic hydroxyl groups is 1. The van der Waals surface area contributed by atoms with Gasteiger partial charge in [0.2, 0.25) is 5.91 Å². The maximum absolute atomic E-state index is 12.1. The Morgan fingerprint density at radius 1 is 1.36 bits per heavy atom. The van der Waals surface area contributed by atoms with Crippen LogP contribution in [-0.4, -0.2) is 41.0 Å². The fraction of sp³-hybridized carbons (Fsp3) is 0.529. The normalized spacial score (nSPS) is 15.9. The largest absolute Gasteiger partial charge is 0.396 e. The number of aliphatic hydroxyl groups excluding tert-OH is 1. The SMILES string of the molecule is CC(CCCO)NC(=O)c1ccc(CN2CCCC2=O)cc1. The molecule has 1 atom stereocenters. The topological polar surface area (TPSA) is 69.6 Å². The van der Waals surface area contributed by atoms with Crippen molar-refractivity contribution in [3.63, 3.8) is 0 Å². The molecule has 0 radical (unpaired) electrons. The third-order valence-corrected chi connectivity index (χ3v) is 3.93. The molecule has 5 nitrogen and oxygen atoms in total. The average Bonchev–Trinajstić information content (AvgIpc) is 2.91.